The topological polar surface area (TPSA) is 46.5 Å². The van der Waals surface area contributed by atoms with E-state index in [0.29, 0.717) is 17.9 Å². The number of aromatic hydroxyl groups is 1. The van der Waals surface area contributed by atoms with Crippen molar-refractivity contribution in [3.05, 3.63) is 28.8 Å². The second-order valence-corrected chi connectivity index (χ2v) is 15.6. The summed E-state index contributed by atoms with van der Waals surface area (Å²) in [6, 6.07) is 3.67. The summed E-state index contributed by atoms with van der Waals surface area (Å²) >= 11 is 0. The fourth-order valence-electron chi connectivity index (χ4n) is 4.81. The largest absolute Gasteiger partial charge is 0.507 e. The Morgan fingerprint density at radius 2 is 1.11 bits per heavy atom. The zero-order valence-corrected chi connectivity index (χ0v) is 26.6. The van der Waals surface area contributed by atoms with Gasteiger partial charge in [-0.15, -0.1) is 0 Å². The maximum absolute atomic E-state index is 13.1. The van der Waals surface area contributed by atoms with Gasteiger partial charge in [0.05, 0.1) is 12.2 Å². The Hall–Kier alpha value is -1.16. The Balaban J connectivity index is 2.76. The van der Waals surface area contributed by atoms with E-state index in [-0.39, 0.29) is 27.7 Å². The van der Waals surface area contributed by atoms with E-state index in [1.807, 2.05) is 12.1 Å². The van der Waals surface area contributed by atoms with Gasteiger partial charge in [0.25, 0.3) is 0 Å². The molecule has 0 aliphatic rings. The average Bonchev–Trinajstić information content (AvgIpc) is 2.81. The van der Waals surface area contributed by atoms with Crippen molar-refractivity contribution in [3.63, 3.8) is 0 Å². The highest BCUT2D eigenvalue weighted by Crippen LogP contribution is 2.40. The Bertz CT molecular complexity index is 722. The van der Waals surface area contributed by atoms with E-state index in [0.717, 1.165) is 16.9 Å². The molecule has 1 aromatic carbocycles. The Labute approximate surface area is 232 Å². The Morgan fingerprint density at radius 3 is 1.51 bits per heavy atom. The number of esters is 1. The van der Waals surface area contributed by atoms with Gasteiger partial charge in [-0.2, -0.15) is 0 Å². The van der Waals surface area contributed by atoms with Crippen molar-refractivity contribution in [1.82, 2.24) is 0 Å². The number of carbonyl (C=O) groups excluding carboxylic acids is 1. The van der Waals surface area contributed by atoms with Crippen molar-refractivity contribution in [3.8, 4) is 5.75 Å². The zero-order valence-electron chi connectivity index (χ0n) is 25.7. The van der Waals surface area contributed by atoms with Crippen LogP contribution >= 0.6 is 10.9 Å². The van der Waals surface area contributed by atoms with E-state index in [9.17, 15) is 9.90 Å². The summed E-state index contributed by atoms with van der Waals surface area (Å²) in [4.78, 5) is 13.1. The molecule has 0 spiro atoms. The third-order valence-corrected chi connectivity index (χ3v) is 9.97. The fourth-order valence-corrected chi connectivity index (χ4v) is 7.18. The first kappa shape index (κ1) is 33.9. The minimum absolute atomic E-state index is 0.0811. The van der Waals surface area contributed by atoms with Crippen LogP contribution in [0.2, 0.25) is 0 Å². The summed E-state index contributed by atoms with van der Waals surface area (Å²) in [5, 5.41) is 11.0. The van der Waals surface area contributed by atoms with Gasteiger partial charge in [0.15, 0.2) is 0 Å². The molecule has 0 unspecified atom stereocenters. The SMILES string of the molecule is CCCCCCCC[SH](CCCCCCCC)CCOC(=O)c1cc(C(C)(C)C)c(O)c(C(C)(C)C)c1. The number of phenolic OH excluding ortho intramolecular Hbond substituents is 1. The molecule has 37 heavy (non-hydrogen) atoms. The highest BCUT2D eigenvalue weighted by Gasteiger charge is 2.28. The highest BCUT2D eigenvalue weighted by atomic mass is 32.2. The minimum atomic E-state index is -0.261. The molecule has 0 amide bonds. The molecule has 4 heteroatoms. The quantitative estimate of drug-likeness (QED) is 0.111. The van der Waals surface area contributed by atoms with Crippen molar-refractivity contribution in [2.24, 2.45) is 0 Å². The van der Waals surface area contributed by atoms with E-state index in [4.69, 9.17) is 4.74 Å². The third-order valence-electron chi connectivity index (χ3n) is 7.26. The van der Waals surface area contributed by atoms with Gasteiger partial charge < -0.3 is 9.84 Å². The number of thiol groups is 1. The molecule has 0 atom stereocenters. The normalized spacial score (nSPS) is 12.6. The van der Waals surface area contributed by atoms with Crippen LogP contribution in [0.4, 0.5) is 0 Å². The fraction of sp³-hybridized carbons (Fsp3) is 0.788. The van der Waals surface area contributed by atoms with Crippen LogP contribution in [0.25, 0.3) is 0 Å². The third kappa shape index (κ3) is 13.5. The number of ether oxygens (including phenoxy) is 1. The number of rotatable bonds is 18. The summed E-state index contributed by atoms with van der Waals surface area (Å²) in [5.41, 5.74) is 1.65. The second-order valence-electron chi connectivity index (χ2n) is 12.9. The van der Waals surface area contributed by atoms with Crippen molar-refractivity contribution in [2.75, 3.05) is 23.9 Å². The molecule has 1 aromatic rings. The summed E-state index contributed by atoms with van der Waals surface area (Å²) in [6.45, 7) is 17.5. The molecule has 0 heterocycles. The van der Waals surface area contributed by atoms with Gasteiger partial charge in [0.1, 0.15) is 5.75 Å². The molecule has 0 saturated carbocycles. The number of benzene rings is 1. The Kier molecular flexibility index (Phi) is 16.0. The Morgan fingerprint density at radius 1 is 0.703 bits per heavy atom. The summed E-state index contributed by atoms with van der Waals surface area (Å²) in [6.07, 6.45) is 16.1. The molecule has 1 N–H and O–H groups in total. The van der Waals surface area contributed by atoms with Crippen molar-refractivity contribution in [1.29, 1.82) is 0 Å². The second kappa shape index (κ2) is 17.4. The first-order valence-corrected chi connectivity index (χ1v) is 17.1. The van der Waals surface area contributed by atoms with E-state index in [1.54, 1.807) is 0 Å². The molecule has 3 nitrogen and oxygen atoms in total. The van der Waals surface area contributed by atoms with Crippen LogP contribution in [0.15, 0.2) is 12.1 Å². The first-order valence-electron chi connectivity index (χ1n) is 15.2. The van der Waals surface area contributed by atoms with E-state index in [1.165, 1.54) is 88.6 Å². The lowest BCUT2D eigenvalue weighted by Crippen LogP contribution is -2.20. The summed E-state index contributed by atoms with van der Waals surface area (Å²) in [7, 11) is -0.0811. The zero-order chi connectivity index (χ0) is 27.9. The molecular formula is C33H60O3S. The van der Waals surface area contributed by atoms with Crippen LogP contribution in [0.3, 0.4) is 0 Å². The van der Waals surface area contributed by atoms with Gasteiger partial charge >= 0.3 is 5.97 Å². The molecule has 0 radical (unpaired) electrons. The number of phenols is 1. The van der Waals surface area contributed by atoms with Crippen LogP contribution in [0.5, 0.6) is 5.75 Å². The highest BCUT2D eigenvalue weighted by molar-refractivity contribution is 8.17. The number of hydrogen-bond acceptors (Lipinski definition) is 3. The lowest BCUT2D eigenvalue weighted by atomic mass is 9.78. The van der Waals surface area contributed by atoms with Crippen LogP contribution in [0, 0.1) is 0 Å². The van der Waals surface area contributed by atoms with E-state index in [2.05, 4.69) is 55.4 Å². The molecule has 0 fully saturated rings. The van der Waals surface area contributed by atoms with Crippen LogP contribution in [0.1, 0.15) is 154 Å². The molecule has 1 rings (SSSR count). The van der Waals surface area contributed by atoms with Crippen LogP contribution in [-0.2, 0) is 15.6 Å². The molecule has 0 aromatic heterocycles. The lowest BCUT2D eigenvalue weighted by molar-refractivity contribution is 0.0529. The van der Waals surface area contributed by atoms with Crippen LogP contribution in [-0.4, -0.2) is 34.9 Å². The van der Waals surface area contributed by atoms with E-state index >= 15 is 0 Å². The van der Waals surface area contributed by atoms with Crippen molar-refractivity contribution >= 4 is 16.9 Å². The van der Waals surface area contributed by atoms with Gasteiger partial charge in [-0.25, -0.2) is 4.79 Å². The molecule has 0 bridgehead atoms. The van der Waals surface area contributed by atoms with Gasteiger partial charge in [0.2, 0.25) is 0 Å². The number of carbonyl (C=O) groups is 1. The van der Waals surface area contributed by atoms with Crippen molar-refractivity contribution in [2.45, 2.75) is 143 Å². The minimum Gasteiger partial charge on any atom is -0.507 e. The maximum atomic E-state index is 13.1. The molecule has 216 valence electrons. The molecule has 0 saturated heterocycles. The molecule has 0 aliphatic carbocycles. The maximum Gasteiger partial charge on any atom is 0.338 e. The molecular weight excluding hydrogens is 476 g/mol. The summed E-state index contributed by atoms with van der Waals surface area (Å²) < 4.78 is 5.85. The van der Waals surface area contributed by atoms with Gasteiger partial charge in [-0.1, -0.05) is 120 Å². The summed E-state index contributed by atoms with van der Waals surface area (Å²) in [5.74, 6) is 3.69. The first-order chi connectivity index (χ1) is 17.4. The molecule has 0 aliphatic heterocycles. The van der Waals surface area contributed by atoms with Crippen LogP contribution < -0.4 is 0 Å². The standard InChI is InChI=1S/C33H60O3S/c1-9-11-13-15-17-19-22-37(23-20-18-16-14-12-10-2)24-21-36-31(35)27-25-28(32(3,4)5)30(34)29(26-27)33(6,7)8/h25-26,34,37H,9-24H2,1-8H3. The smallest absolute Gasteiger partial charge is 0.338 e. The number of unbranched alkanes of at least 4 members (excludes halogenated alkanes) is 10. The van der Waals surface area contributed by atoms with Gasteiger partial charge in [-0.05, 0) is 47.3 Å². The average molecular weight is 537 g/mol. The van der Waals surface area contributed by atoms with Gasteiger partial charge in [0, 0.05) is 16.9 Å². The van der Waals surface area contributed by atoms with Crippen molar-refractivity contribution < 1.29 is 14.6 Å². The predicted octanol–water partition coefficient (Wildman–Crippen LogP) is 9.87. The predicted molar refractivity (Wildman–Crippen MR) is 166 cm³/mol. The monoisotopic (exact) mass is 536 g/mol. The lowest BCUT2D eigenvalue weighted by Gasteiger charge is -2.28. The number of hydrogen-bond donors (Lipinski definition) is 2. The van der Waals surface area contributed by atoms with Gasteiger partial charge in [-0.3, -0.25) is 10.9 Å². The van der Waals surface area contributed by atoms with E-state index < -0.39 is 0 Å².